The van der Waals surface area contributed by atoms with Crippen LogP contribution in [0.3, 0.4) is 0 Å². The van der Waals surface area contributed by atoms with E-state index >= 15 is 0 Å². The fourth-order valence-electron chi connectivity index (χ4n) is 4.00. The molecule has 1 heterocycles. The standard InChI is InChI=1S/C17H24ClNO/c18-15-6-4-5-14(13-15)17(9-2-1-3-10-17)19-11-7-16(20)8-12-19/h4-6,13,16,20H,1-3,7-12H2. The predicted octanol–water partition coefficient (Wildman–Crippen LogP) is 3.96. The maximum absolute atomic E-state index is 9.78. The lowest BCUT2D eigenvalue weighted by molar-refractivity contribution is -0.00777. The van der Waals surface area contributed by atoms with Gasteiger partial charge >= 0.3 is 0 Å². The van der Waals surface area contributed by atoms with Crippen LogP contribution in [0.25, 0.3) is 0 Å². The third kappa shape index (κ3) is 2.74. The first-order chi connectivity index (χ1) is 9.71. The maximum atomic E-state index is 9.78. The Labute approximate surface area is 126 Å². The van der Waals surface area contributed by atoms with Crippen molar-refractivity contribution in [2.45, 2.75) is 56.6 Å². The van der Waals surface area contributed by atoms with Crippen LogP contribution in [0, 0.1) is 0 Å². The molecule has 1 saturated heterocycles. The Balaban J connectivity index is 1.92. The Hall–Kier alpha value is -0.570. The molecule has 1 saturated carbocycles. The van der Waals surface area contributed by atoms with Crippen molar-refractivity contribution in [2.75, 3.05) is 13.1 Å². The number of rotatable bonds is 2. The molecular weight excluding hydrogens is 270 g/mol. The summed E-state index contributed by atoms with van der Waals surface area (Å²) in [6, 6.07) is 8.43. The van der Waals surface area contributed by atoms with Crippen LogP contribution in [0.5, 0.6) is 0 Å². The SMILES string of the molecule is OC1CCN(C2(c3cccc(Cl)c3)CCCCC2)CC1. The summed E-state index contributed by atoms with van der Waals surface area (Å²) in [7, 11) is 0. The number of benzene rings is 1. The van der Waals surface area contributed by atoms with Crippen LogP contribution < -0.4 is 0 Å². The Bertz CT molecular complexity index is 448. The molecule has 0 bridgehead atoms. The van der Waals surface area contributed by atoms with E-state index in [4.69, 9.17) is 11.6 Å². The van der Waals surface area contributed by atoms with E-state index in [0.717, 1.165) is 31.0 Å². The summed E-state index contributed by atoms with van der Waals surface area (Å²) in [5.41, 5.74) is 1.53. The number of hydrogen-bond donors (Lipinski definition) is 1. The summed E-state index contributed by atoms with van der Waals surface area (Å²) in [5, 5.41) is 10.6. The van der Waals surface area contributed by atoms with E-state index in [9.17, 15) is 5.11 Å². The van der Waals surface area contributed by atoms with Crippen LogP contribution >= 0.6 is 11.6 Å². The fourth-order valence-corrected chi connectivity index (χ4v) is 4.19. The van der Waals surface area contributed by atoms with E-state index in [1.807, 2.05) is 6.07 Å². The quantitative estimate of drug-likeness (QED) is 0.892. The van der Waals surface area contributed by atoms with Gasteiger partial charge in [0.05, 0.1) is 6.10 Å². The van der Waals surface area contributed by atoms with Gasteiger partial charge < -0.3 is 5.11 Å². The molecule has 0 unspecified atom stereocenters. The second-order valence-electron chi connectivity index (χ2n) is 6.32. The molecule has 1 aliphatic carbocycles. The molecule has 3 rings (SSSR count). The van der Waals surface area contributed by atoms with E-state index in [1.165, 1.54) is 37.7 Å². The van der Waals surface area contributed by atoms with Gasteiger partial charge in [-0.25, -0.2) is 0 Å². The van der Waals surface area contributed by atoms with Crippen LogP contribution in [-0.4, -0.2) is 29.2 Å². The minimum absolute atomic E-state index is 0.105. The minimum Gasteiger partial charge on any atom is -0.393 e. The average Bonchev–Trinajstić information content (AvgIpc) is 2.49. The van der Waals surface area contributed by atoms with Crippen LogP contribution in [0.4, 0.5) is 0 Å². The highest BCUT2D eigenvalue weighted by Crippen LogP contribution is 2.44. The highest BCUT2D eigenvalue weighted by molar-refractivity contribution is 6.30. The van der Waals surface area contributed by atoms with Crippen LogP contribution in [0.1, 0.15) is 50.5 Å². The van der Waals surface area contributed by atoms with Crippen molar-refractivity contribution in [3.63, 3.8) is 0 Å². The van der Waals surface area contributed by atoms with E-state index in [1.54, 1.807) is 0 Å². The largest absolute Gasteiger partial charge is 0.393 e. The monoisotopic (exact) mass is 293 g/mol. The van der Waals surface area contributed by atoms with Gasteiger partial charge in [-0.3, -0.25) is 4.90 Å². The normalized spacial score (nSPS) is 24.7. The Morgan fingerprint density at radius 2 is 1.80 bits per heavy atom. The molecule has 1 aliphatic heterocycles. The number of aliphatic hydroxyl groups excluding tert-OH is 1. The van der Waals surface area contributed by atoms with Crippen LogP contribution in [-0.2, 0) is 5.54 Å². The summed E-state index contributed by atoms with van der Waals surface area (Å²) < 4.78 is 0. The second-order valence-corrected chi connectivity index (χ2v) is 6.76. The first kappa shape index (κ1) is 14.4. The van der Waals surface area contributed by atoms with Gasteiger partial charge in [0.25, 0.3) is 0 Å². The molecule has 0 amide bonds. The highest BCUT2D eigenvalue weighted by Gasteiger charge is 2.40. The summed E-state index contributed by atoms with van der Waals surface area (Å²) in [4.78, 5) is 2.62. The zero-order chi connectivity index (χ0) is 14.0. The lowest BCUT2D eigenvalue weighted by Gasteiger charge is -2.49. The van der Waals surface area contributed by atoms with Crippen molar-refractivity contribution in [1.29, 1.82) is 0 Å². The maximum Gasteiger partial charge on any atom is 0.0564 e. The first-order valence-corrected chi connectivity index (χ1v) is 8.28. The minimum atomic E-state index is -0.105. The third-order valence-corrected chi connectivity index (χ3v) is 5.35. The average molecular weight is 294 g/mol. The molecule has 3 heteroatoms. The second kappa shape index (κ2) is 6.05. The molecule has 2 aliphatic rings. The van der Waals surface area contributed by atoms with Gasteiger partial charge in [0, 0.05) is 23.7 Å². The molecule has 0 atom stereocenters. The van der Waals surface area contributed by atoms with Crippen molar-refractivity contribution in [2.24, 2.45) is 0 Å². The molecule has 0 spiro atoms. The summed E-state index contributed by atoms with van der Waals surface area (Å²) in [5.74, 6) is 0. The van der Waals surface area contributed by atoms with Crippen molar-refractivity contribution in [3.8, 4) is 0 Å². The zero-order valence-corrected chi connectivity index (χ0v) is 12.8. The number of aliphatic hydroxyl groups is 1. The van der Waals surface area contributed by atoms with Crippen LogP contribution in [0.15, 0.2) is 24.3 Å². The predicted molar refractivity (Wildman–Crippen MR) is 83.0 cm³/mol. The molecule has 110 valence electrons. The Morgan fingerprint density at radius 1 is 1.10 bits per heavy atom. The van der Waals surface area contributed by atoms with Gasteiger partial charge in [-0.1, -0.05) is 43.0 Å². The number of likely N-dealkylation sites (tertiary alicyclic amines) is 1. The van der Waals surface area contributed by atoms with Gasteiger partial charge in [-0.15, -0.1) is 0 Å². The van der Waals surface area contributed by atoms with Gasteiger partial charge in [-0.05, 0) is 43.4 Å². The van der Waals surface area contributed by atoms with Crippen molar-refractivity contribution in [1.82, 2.24) is 4.90 Å². The molecule has 2 fully saturated rings. The van der Waals surface area contributed by atoms with E-state index < -0.39 is 0 Å². The summed E-state index contributed by atoms with van der Waals surface area (Å²) in [6.45, 7) is 2.02. The number of piperidine rings is 1. The molecule has 1 N–H and O–H groups in total. The van der Waals surface area contributed by atoms with Gasteiger partial charge in [0.1, 0.15) is 0 Å². The van der Waals surface area contributed by atoms with Crippen molar-refractivity contribution >= 4 is 11.6 Å². The molecule has 2 nitrogen and oxygen atoms in total. The van der Waals surface area contributed by atoms with Gasteiger partial charge in [0.15, 0.2) is 0 Å². The zero-order valence-electron chi connectivity index (χ0n) is 12.0. The smallest absolute Gasteiger partial charge is 0.0564 e. The molecule has 0 radical (unpaired) electrons. The van der Waals surface area contributed by atoms with E-state index in [2.05, 4.69) is 23.1 Å². The summed E-state index contributed by atoms with van der Waals surface area (Å²) in [6.07, 6.45) is 8.10. The van der Waals surface area contributed by atoms with E-state index in [-0.39, 0.29) is 11.6 Å². The molecule has 0 aromatic heterocycles. The number of nitrogens with zero attached hydrogens (tertiary/aromatic N) is 1. The summed E-state index contributed by atoms with van der Waals surface area (Å²) >= 11 is 6.23. The fraction of sp³-hybridized carbons (Fsp3) is 0.647. The van der Waals surface area contributed by atoms with Gasteiger partial charge in [0.2, 0.25) is 0 Å². The molecule has 20 heavy (non-hydrogen) atoms. The van der Waals surface area contributed by atoms with Crippen molar-refractivity contribution in [3.05, 3.63) is 34.9 Å². The Kier molecular flexibility index (Phi) is 4.34. The molecule has 1 aromatic rings. The highest BCUT2D eigenvalue weighted by atomic mass is 35.5. The lowest BCUT2D eigenvalue weighted by Crippen LogP contribution is -2.51. The number of halogens is 1. The van der Waals surface area contributed by atoms with Gasteiger partial charge in [-0.2, -0.15) is 0 Å². The van der Waals surface area contributed by atoms with Crippen LogP contribution in [0.2, 0.25) is 5.02 Å². The molecule has 1 aromatic carbocycles. The number of hydrogen-bond acceptors (Lipinski definition) is 2. The van der Waals surface area contributed by atoms with Crippen molar-refractivity contribution < 1.29 is 5.11 Å². The third-order valence-electron chi connectivity index (χ3n) is 5.11. The Morgan fingerprint density at radius 3 is 2.45 bits per heavy atom. The molecular formula is C17H24ClNO. The first-order valence-electron chi connectivity index (χ1n) is 7.90. The lowest BCUT2D eigenvalue weighted by atomic mass is 9.74. The van der Waals surface area contributed by atoms with E-state index in [0.29, 0.717) is 0 Å². The topological polar surface area (TPSA) is 23.5 Å².